The van der Waals surface area contributed by atoms with Crippen molar-refractivity contribution in [1.82, 2.24) is 4.90 Å². The predicted octanol–water partition coefficient (Wildman–Crippen LogP) is 4.78. The zero-order valence-electron chi connectivity index (χ0n) is 16.9. The highest BCUT2D eigenvalue weighted by Crippen LogP contribution is 2.43. The van der Waals surface area contributed by atoms with Crippen molar-refractivity contribution in [3.8, 4) is 5.75 Å². The minimum Gasteiger partial charge on any atom is -0.490 e. The molecule has 0 spiro atoms. The van der Waals surface area contributed by atoms with Crippen LogP contribution in [0.25, 0.3) is 0 Å². The molecule has 0 saturated heterocycles. The molecule has 1 aromatic carbocycles. The van der Waals surface area contributed by atoms with Crippen molar-refractivity contribution in [3.63, 3.8) is 0 Å². The molecule has 2 aliphatic heterocycles. The van der Waals surface area contributed by atoms with Crippen LogP contribution in [0.3, 0.4) is 0 Å². The zero-order valence-corrected chi connectivity index (χ0v) is 18.5. The molecule has 27 heavy (non-hydrogen) atoms. The maximum Gasteiger partial charge on any atom is 0.410 e. The third-order valence-electron chi connectivity index (χ3n) is 5.05. The first-order chi connectivity index (χ1) is 12.8. The molecule has 0 radical (unpaired) electrons. The number of amides is 1. The quantitative estimate of drug-likeness (QED) is 0.680. The lowest BCUT2D eigenvalue weighted by atomic mass is 10.00. The van der Waals surface area contributed by atoms with E-state index < -0.39 is 5.60 Å². The fraction of sp³-hybridized carbons (Fsp3) is 0.667. The van der Waals surface area contributed by atoms with Gasteiger partial charge in [-0.15, -0.1) is 0 Å². The summed E-state index contributed by atoms with van der Waals surface area (Å²) in [5, 5.41) is 0. The summed E-state index contributed by atoms with van der Waals surface area (Å²) in [5.41, 5.74) is 3.28. The summed E-state index contributed by atoms with van der Waals surface area (Å²) >= 11 is 3.87. The second-order valence-corrected chi connectivity index (χ2v) is 9.12. The highest BCUT2D eigenvalue weighted by molar-refractivity contribution is 9.10. The molecule has 0 atom stereocenters. The molecule has 2 aliphatic rings. The van der Waals surface area contributed by atoms with Crippen molar-refractivity contribution in [3.05, 3.63) is 21.7 Å². The summed E-state index contributed by atoms with van der Waals surface area (Å²) in [6, 6.07) is 2.19. The smallest absolute Gasteiger partial charge is 0.410 e. The summed E-state index contributed by atoms with van der Waals surface area (Å²) in [6.07, 6.45) is 3.77. The third kappa shape index (κ3) is 4.71. The molecular weight excluding hydrogens is 408 g/mol. The molecule has 0 aliphatic carbocycles. The molecule has 1 aromatic rings. The first-order valence-corrected chi connectivity index (χ1v) is 10.8. The molecule has 5 nitrogen and oxygen atoms in total. The number of fused-ring (bicyclic) bond motifs is 2. The summed E-state index contributed by atoms with van der Waals surface area (Å²) in [6.45, 7) is 12.0. The van der Waals surface area contributed by atoms with Crippen LogP contribution in [-0.4, -0.2) is 49.4 Å². The van der Waals surface area contributed by atoms with Gasteiger partial charge in [-0.05, 0) is 73.2 Å². The van der Waals surface area contributed by atoms with Gasteiger partial charge in [0, 0.05) is 24.1 Å². The Morgan fingerprint density at radius 3 is 2.70 bits per heavy atom. The van der Waals surface area contributed by atoms with Gasteiger partial charge in [-0.1, -0.05) is 13.3 Å². The van der Waals surface area contributed by atoms with Crippen molar-refractivity contribution in [2.45, 2.75) is 59.0 Å². The van der Waals surface area contributed by atoms with Crippen LogP contribution in [0.1, 0.15) is 51.7 Å². The molecular formula is C21H31BrN2O3. The Hall–Kier alpha value is -1.43. The number of rotatable bonds is 3. The van der Waals surface area contributed by atoms with E-state index in [0.717, 1.165) is 42.8 Å². The number of halogens is 1. The van der Waals surface area contributed by atoms with Crippen LogP contribution in [0.4, 0.5) is 10.5 Å². The Kier molecular flexibility index (Phi) is 6.24. The number of hydrogen-bond acceptors (Lipinski definition) is 4. The predicted molar refractivity (Wildman–Crippen MR) is 112 cm³/mol. The van der Waals surface area contributed by atoms with E-state index >= 15 is 0 Å². The summed E-state index contributed by atoms with van der Waals surface area (Å²) in [4.78, 5) is 16.7. The molecule has 0 N–H and O–H groups in total. The topological polar surface area (TPSA) is 42.0 Å². The van der Waals surface area contributed by atoms with Crippen molar-refractivity contribution in [1.29, 1.82) is 0 Å². The van der Waals surface area contributed by atoms with E-state index in [1.54, 1.807) is 0 Å². The molecule has 0 fully saturated rings. The van der Waals surface area contributed by atoms with E-state index in [-0.39, 0.29) is 6.09 Å². The maximum absolute atomic E-state index is 12.5. The van der Waals surface area contributed by atoms with Crippen LogP contribution < -0.4 is 9.64 Å². The van der Waals surface area contributed by atoms with E-state index in [1.807, 2.05) is 25.7 Å². The van der Waals surface area contributed by atoms with E-state index in [9.17, 15) is 4.79 Å². The highest BCUT2D eigenvalue weighted by Gasteiger charge is 2.29. The first kappa shape index (κ1) is 20.3. The average Bonchev–Trinajstić information content (AvgIpc) is 2.81. The number of ether oxygens (including phenoxy) is 2. The van der Waals surface area contributed by atoms with Crippen LogP contribution in [-0.2, 0) is 17.6 Å². The Labute approximate surface area is 171 Å². The molecule has 1 amide bonds. The van der Waals surface area contributed by atoms with E-state index in [2.05, 4.69) is 33.8 Å². The maximum atomic E-state index is 12.5. The number of carbonyl (C=O) groups excluding carboxylic acids is 1. The SMILES string of the molecule is CCCCN1CCOc2cc3c(c(Br)c21)CCN(C(=O)OC(C)(C)C)CC3. The lowest BCUT2D eigenvalue weighted by Crippen LogP contribution is -2.38. The molecule has 2 heterocycles. The third-order valence-corrected chi connectivity index (χ3v) is 5.90. The number of benzene rings is 1. The Bertz CT molecular complexity index is 700. The standard InChI is InChI=1S/C21H31BrN2O3/c1-5-6-9-23-12-13-26-17-14-15-7-10-24(20(25)27-21(2,3)4)11-8-16(15)18(22)19(17)23/h14H,5-13H2,1-4H3. The Morgan fingerprint density at radius 2 is 2.00 bits per heavy atom. The van der Waals surface area contributed by atoms with Crippen LogP contribution in [0.2, 0.25) is 0 Å². The molecule has 0 saturated carbocycles. The number of hydrogen-bond donors (Lipinski definition) is 0. The van der Waals surface area contributed by atoms with Gasteiger partial charge >= 0.3 is 6.09 Å². The van der Waals surface area contributed by atoms with Crippen LogP contribution in [0, 0.1) is 0 Å². The van der Waals surface area contributed by atoms with Gasteiger partial charge in [0.05, 0.1) is 12.2 Å². The number of nitrogens with zero attached hydrogens (tertiary/aromatic N) is 2. The number of carbonyl (C=O) groups is 1. The fourth-order valence-corrected chi connectivity index (χ4v) is 4.58. The highest BCUT2D eigenvalue weighted by atomic mass is 79.9. The fourth-order valence-electron chi connectivity index (χ4n) is 3.68. The molecule has 6 heteroatoms. The minimum atomic E-state index is -0.469. The second kappa shape index (κ2) is 8.29. The summed E-state index contributed by atoms with van der Waals surface area (Å²) < 4.78 is 12.7. The van der Waals surface area contributed by atoms with Crippen molar-refractivity contribution < 1.29 is 14.3 Å². The van der Waals surface area contributed by atoms with E-state index in [1.165, 1.54) is 29.7 Å². The number of unbranched alkanes of at least 4 members (excludes halogenated alkanes) is 1. The Balaban J connectivity index is 1.83. The van der Waals surface area contributed by atoms with Crippen molar-refractivity contribution in [2.24, 2.45) is 0 Å². The van der Waals surface area contributed by atoms with Crippen LogP contribution in [0.15, 0.2) is 10.5 Å². The van der Waals surface area contributed by atoms with Crippen LogP contribution in [0.5, 0.6) is 5.75 Å². The molecule has 0 bridgehead atoms. The zero-order chi connectivity index (χ0) is 19.6. The minimum absolute atomic E-state index is 0.225. The molecule has 0 unspecified atom stereocenters. The van der Waals surface area contributed by atoms with Crippen LogP contribution >= 0.6 is 15.9 Å². The monoisotopic (exact) mass is 438 g/mol. The van der Waals surface area contributed by atoms with Crippen molar-refractivity contribution in [2.75, 3.05) is 37.7 Å². The molecule has 3 rings (SSSR count). The van der Waals surface area contributed by atoms with E-state index in [4.69, 9.17) is 9.47 Å². The lowest BCUT2D eigenvalue weighted by Gasteiger charge is -2.33. The van der Waals surface area contributed by atoms with Gasteiger partial charge < -0.3 is 19.3 Å². The molecule has 150 valence electrons. The second-order valence-electron chi connectivity index (χ2n) is 8.33. The number of anilines is 1. The van der Waals surface area contributed by atoms with Gasteiger partial charge in [0.1, 0.15) is 18.0 Å². The normalized spacial score (nSPS) is 16.9. The average molecular weight is 439 g/mol. The van der Waals surface area contributed by atoms with E-state index in [0.29, 0.717) is 13.1 Å². The lowest BCUT2D eigenvalue weighted by molar-refractivity contribution is 0.0258. The Morgan fingerprint density at radius 1 is 1.26 bits per heavy atom. The largest absolute Gasteiger partial charge is 0.490 e. The van der Waals surface area contributed by atoms with Gasteiger partial charge in [0.2, 0.25) is 0 Å². The first-order valence-electron chi connectivity index (χ1n) is 10.00. The van der Waals surface area contributed by atoms with Gasteiger partial charge in [-0.2, -0.15) is 0 Å². The molecule has 0 aromatic heterocycles. The van der Waals surface area contributed by atoms with Gasteiger partial charge in [0.15, 0.2) is 0 Å². The van der Waals surface area contributed by atoms with Gasteiger partial charge in [-0.25, -0.2) is 4.79 Å². The summed E-state index contributed by atoms with van der Waals surface area (Å²) in [7, 11) is 0. The van der Waals surface area contributed by atoms with Gasteiger partial charge in [-0.3, -0.25) is 0 Å². The van der Waals surface area contributed by atoms with Gasteiger partial charge in [0.25, 0.3) is 0 Å². The van der Waals surface area contributed by atoms with Crippen molar-refractivity contribution >= 4 is 27.7 Å². The summed E-state index contributed by atoms with van der Waals surface area (Å²) in [5.74, 6) is 0.966.